The maximum absolute atomic E-state index is 12.0. The third-order valence-electron chi connectivity index (χ3n) is 1.90. The van der Waals surface area contributed by atoms with E-state index in [1.165, 1.54) is 11.9 Å². The van der Waals surface area contributed by atoms with Crippen molar-refractivity contribution in [1.82, 2.24) is 5.16 Å². The lowest BCUT2D eigenvalue weighted by atomic mass is 10.3. The molecule has 0 radical (unpaired) electrons. The van der Waals surface area contributed by atoms with Crippen LogP contribution in [0.25, 0.3) is 0 Å². The standard InChI is InChI=1S/C8H9F3N4O/c1-15(3-2-8(9,10)11)7-5(4-12)6(13)16-14-7/h2-3,13H2,1H3. The van der Waals surface area contributed by atoms with Gasteiger partial charge in [-0.05, 0) is 0 Å². The zero-order chi connectivity index (χ0) is 12.3. The highest BCUT2D eigenvalue weighted by Crippen LogP contribution is 2.25. The molecule has 0 aliphatic heterocycles. The number of nitriles is 1. The van der Waals surface area contributed by atoms with Crippen molar-refractivity contribution >= 4 is 11.7 Å². The van der Waals surface area contributed by atoms with Crippen LogP contribution in [0.5, 0.6) is 0 Å². The summed E-state index contributed by atoms with van der Waals surface area (Å²) >= 11 is 0. The van der Waals surface area contributed by atoms with E-state index in [4.69, 9.17) is 11.0 Å². The van der Waals surface area contributed by atoms with Gasteiger partial charge in [-0.25, -0.2) is 0 Å². The van der Waals surface area contributed by atoms with Crippen molar-refractivity contribution in [3.05, 3.63) is 5.56 Å². The summed E-state index contributed by atoms with van der Waals surface area (Å²) in [5, 5.41) is 12.1. The molecule has 5 nitrogen and oxygen atoms in total. The van der Waals surface area contributed by atoms with Gasteiger partial charge in [-0.1, -0.05) is 5.16 Å². The van der Waals surface area contributed by atoms with E-state index < -0.39 is 12.6 Å². The number of aromatic nitrogens is 1. The van der Waals surface area contributed by atoms with E-state index in [1.54, 1.807) is 6.07 Å². The van der Waals surface area contributed by atoms with Gasteiger partial charge in [0.1, 0.15) is 6.07 Å². The molecule has 1 heterocycles. The molecule has 0 atom stereocenters. The highest BCUT2D eigenvalue weighted by atomic mass is 19.4. The van der Waals surface area contributed by atoms with Gasteiger partial charge in [0, 0.05) is 13.6 Å². The molecule has 0 aliphatic rings. The quantitative estimate of drug-likeness (QED) is 0.857. The normalized spacial score (nSPS) is 11.2. The van der Waals surface area contributed by atoms with Crippen LogP contribution in [-0.2, 0) is 0 Å². The maximum atomic E-state index is 12.0. The maximum Gasteiger partial charge on any atom is 0.390 e. The summed E-state index contributed by atoms with van der Waals surface area (Å²) in [6.45, 7) is -0.315. The highest BCUT2D eigenvalue weighted by molar-refractivity contribution is 5.62. The lowest BCUT2D eigenvalue weighted by molar-refractivity contribution is -0.132. The number of nitrogens with two attached hydrogens (primary N) is 1. The molecule has 0 fully saturated rings. The van der Waals surface area contributed by atoms with Crippen molar-refractivity contribution in [2.75, 3.05) is 24.2 Å². The van der Waals surface area contributed by atoms with Crippen LogP contribution in [0, 0.1) is 11.3 Å². The van der Waals surface area contributed by atoms with Crippen LogP contribution >= 0.6 is 0 Å². The first-order chi connectivity index (χ1) is 7.35. The van der Waals surface area contributed by atoms with Gasteiger partial charge in [-0.15, -0.1) is 0 Å². The number of hydrogen-bond donors (Lipinski definition) is 1. The predicted molar refractivity (Wildman–Crippen MR) is 49.6 cm³/mol. The van der Waals surface area contributed by atoms with Crippen molar-refractivity contribution < 1.29 is 17.7 Å². The lowest BCUT2D eigenvalue weighted by Gasteiger charge is -2.16. The molecule has 0 unspecified atom stereocenters. The minimum atomic E-state index is -4.25. The summed E-state index contributed by atoms with van der Waals surface area (Å²) in [7, 11) is 1.38. The lowest BCUT2D eigenvalue weighted by Crippen LogP contribution is -2.24. The number of nitrogen functional groups attached to an aromatic ring is 1. The van der Waals surface area contributed by atoms with Crippen LogP contribution in [-0.4, -0.2) is 24.9 Å². The molecule has 0 spiro atoms. The summed E-state index contributed by atoms with van der Waals surface area (Å²) in [5.41, 5.74) is 5.22. The number of nitrogens with zero attached hydrogens (tertiary/aromatic N) is 3. The fourth-order valence-corrected chi connectivity index (χ4v) is 1.06. The monoisotopic (exact) mass is 234 g/mol. The van der Waals surface area contributed by atoms with Crippen LogP contribution in [0.2, 0.25) is 0 Å². The molecule has 0 amide bonds. The predicted octanol–water partition coefficient (Wildman–Crippen LogP) is 1.52. The molecule has 1 aromatic heterocycles. The Morgan fingerprint density at radius 1 is 1.56 bits per heavy atom. The molecule has 88 valence electrons. The fourth-order valence-electron chi connectivity index (χ4n) is 1.06. The number of alkyl halides is 3. The minimum Gasteiger partial charge on any atom is -0.366 e. The Bertz CT molecular complexity index is 406. The Kier molecular flexibility index (Phi) is 3.27. The second-order valence-electron chi connectivity index (χ2n) is 3.14. The first-order valence-electron chi connectivity index (χ1n) is 4.28. The van der Waals surface area contributed by atoms with Gasteiger partial charge in [0.05, 0.1) is 6.42 Å². The van der Waals surface area contributed by atoms with Gasteiger partial charge in [0.2, 0.25) is 5.88 Å². The number of halogens is 3. The van der Waals surface area contributed by atoms with E-state index in [0.717, 1.165) is 0 Å². The van der Waals surface area contributed by atoms with Crippen LogP contribution in [0.4, 0.5) is 24.9 Å². The number of hydrogen-bond acceptors (Lipinski definition) is 5. The Morgan fingerprint density at radius 2 is 2.19 bits per heavy atom. The van der Waals surface area contributed by atoms with E-state index in [-0.39, 0.29) is 23.8 Å². The van der Waals surface area contributed by atoms with Crippen LogP contribution in [0.1, 0.15) is 12.0 Å². The first kappa shape index (κ1) is 12.2. The van der Waals surface area contributed by atoms with Crippen LogP contribution < -0.4 is 10.6 Å². The van der Waals surface area contributed by atoms with E-state index in [2.05, 4.69) is 9.68 Å². The van der Waals surface area contributed by atoms with Crippen LogP contribution in [0.15, 0.2) is 4.52 Å². The molecule has 0 saturated carbocycles. The molecule has 2 N–H and O–H groups in total. The third-order valence-corrected chi connectivity index (χ3v) is 1.90. The van der Waals surface area contributed by atoms with Gasteiger partial charge in [-0.2, -0.15) is 18.4 Å². The third kappa shape index (κ3) is 2.79. The summed E-state index contributed by atoms with van der Waals surface area (Å²) in [4.78, 5) is 1.17. The summed E-state index contributed by atoms with van der Waals surface area (Å²) < 4.78 is 40.4. The SMILES string of the molecule is CN(CCC(F)(F)F)c1noc(N)c1C#N. The zero-order valence-electron chi connectivity index (χ0n) is 8.38. The smallest absolute Gasteiger partial charge is 0.366 e. The largest absolute Gasteiger partial charge is 0.390 e. The Labute approximate surface area is 89.2 Å². The Hall–Kier alpha value is -1.91. The van der Waals surface area contributed by atoms with Gasteiger partial charge in [0.15, 0.2) is 11.4 Å². The molecule has 0 aromatic carbocycles. The zero-order valence-corrected chi connectivity index (χ0v) is 8.38. The van der Waals surface area contributed by atoms with Gasteiger partial charge in [0.25, 0.3) is 0 Å². The minimum absolute atomic E-state index is 0.0178. The van der Waals surface area contributed by atoms with Gasteiger partial charge in [-0.3, -0.25) is 0 Å². The first-order valence-corrected chi connectivity index (χ1v) is 4.28. The van der Waals surface area contributed by atoms with Gasteiger partial charge >= 0.3 is 6.18 Å². The molecule has 1 aromatic rings. The van der Waals surface area contributed by atoms with E-state index in [0.29, 0.717) is 0 Å². The topological polar surface area (TPSA) is 79.1 Å². The van der Waals surface area contributed by atoms with Crippen molar-refractivity contribution in [2.24, 2.45) is 0 Å². The van der Waals surface area contributed by atoms with Crippen molar-refractivity contribution in [2.45, 2.75) is 12.6 Å². The summed E-state index contributed by atoms with van der Waals surface area (Å²) in [6, 6.07) is 1.72. The molecule has 1 rings (SSSR count). The average Bonchev–Trinajstić information content (AvgIpc) is 2.54. The van der Waals surface area contributed by atoms with Crippen molar-refractivity contribution in [1.29, 1.82) is 5.26 Å². The van der Waals surface area contributed by atoms with Crippen LogP contribution in [0.3, 0.4) is 0 Å². The fraction of sp³-hybridized carbons (Fsp3) is 0.500. The summed E-state index contributed by atoms with van der Waals surface area (Å²) in [5.74, 6) is -0.180. The van der Waals surface area contributed by atoms with E-state index >= 15 is 0 Å². The van der Waals surface area contributed by atoms with Crippen molar-refractivity contribution in [3.63, 3.8) is 0 Å². The van der Waals surface area contributed by atoms with E-state index in [9.17, 15) is 13.2 Å². The van der Waals surface area contributed by atoms with Crippen molar-refractivity contribution in [3.8, 4) is 6.07 Å². The molecule has 0 aliphatic carbocycles. The average molecular weight is 234 g/mol. The highest BCUT2D eigenvalue weighted by Gasteiger charge is 2.28. The number of anilines is 2. The Morgan fingerprint density at radius 3 is 2.69 bits per heavy atom. The molecule has 8 heteroatoms. The molecular formula is C8H9F3N4O. The molecular weight excluding hydrogens is 225 g/mol. The van der Waals surface area contributed by atoms with Gasteiger partial charge < -0.3 is 15.2 Å². The molecule has 16 heavy (non-hydrogen) atoms. The molecule has 0 saturated heterocycles. The Balaban J connectivity index is 2.74. The second kappa shape index (κ2) is 4.30. The number of rotatable bonds is 3. The second-order valence-corrected chi connectivity index (χ2v) is 3.14. The van der Waals surface area contributed by atoms with E-state index in [1.807, 2.05) is 0 Å². The summed E-state index contributed by atoms with van der Waals surface area (Å²) in [6.07, 6.45) is -5.25. The molecule has 0 bridgehead atoms.